The molecule has 0 radical (unpaired) electrons. The first-order chi connectivity index (χ1) is 19.6. The van der Waals surface area contributed by atoms with Gasteiger partial charge in [-0.25, -0.2) is 9.48 Å². The van der Waals surface area contributed by atoms with Crippen molar-refractivity contribution in [3.8, 4) is 5.69 Å². The lowest BCUT2D eigenvalue weighted by Gasteiger charge is -2.32. The van der Waals surface area contributed by atoms with Gasteiger partial charge in [-0.1, -0.05) is 50.6 Å². The minimum absolute atomic E-state index is 0.0555. The first-order valence-corrected chi connectivity index (χ1v) is 14.2. The molecule has 4 aromatic rings. The summed E-state index contributed by atoms with van der Waals surface area (Å²) in [6.45, 7) is 11.7. The highest BCUT2D eigenvalue weighted by Gasteiger charge is 2.26. The predicted molar refractivity (Wildman–Crippen MR) is 162 cm³/mol. The Kier molecular flexibility index (Phi) is 8.01. The molecule has 2 aromatic heterocycles. The van der Waals surface area contributed by atoms with Gasteiger partial charge in [0.05, 0.1) is 23.2 Å². The van der Waals surface area contributed by atoms with Crippen molar-refractivity contribution in [1.29, 1.82) is 0 Å². The number of carbonyl (C=O) groups excluding carboxylic acids is 2. The minimum atomic E-state index is -0.323. The Hall–Kier alpha value is -4.33. The minimum Gasteiger partial charge on any atom is -0.469 e. The van der Waals surface area contributed by atoms with Gasteiger partial charge < -0.3 is 14.6 Å². The van der Waals surface area contributed by atoms with Gasteiger partial charge in [-0.15, -0.1) is 0 Å². The van der Waals surface area contributed by atoms with Gasteiger partial charge in [0, 0.05) is 30.3 Å². The van der Waals surface area contributed by atoms with Crippen molar-refractivity contribution in [2.75, 3.05) is 23.7 Å². The number of nitrogens with zero attached hydrogens (tertiary/aromatic N) is 3. The van der Waals surface area contributed by atoms with E-state index in [0.29, 0.717) is 23.1 Å². The average Bonchev–Trinajstić information content (AvgIpc) is 3.56. The number of nitrogens with one attached hydrogen (secondary N) is 2. The largest absolute Gasteiger partial charge is 0.469 e. The van der Waals surface area contributed by atoms with Crippen LogP contribution in [-0.4, -0.2) is 39.7 Å². The van der Waals surface area contributed by atoms with Gasteiger partial charge >= 0.3 is 6.03 Å². The fourth-order valence-electron chi connectivity index (χ4n) is 5.17. The van der Waals surface area contributed by atoms with E-state index in [1.807, 2.05) is 61.2 Å². The predicted octanol–water partition coefficient (Wildman–Crippen LogP) is 7.12. The monoisotopic (exact) mass is 553 g/mol. The molecule has 3 amide bonds. The quantitative estimate of drug-likeness (QED) is 0.266. The first-order valence-electron chi connectivity index (χ1n) is 14.2. The van der Waals surface area contributed by atoms with Crippen LogP contribution in [0.4, 0.5) is 16.3 Å². The van der Waals surface area contributed by atoms with Crippen molar-refractivity contribution in [1.82, 2.24) is 14.7 Å². The third-order valence-electron chi connectivity index (χ3n) is 7.73. The summed E-state index contributed by atoms with van der Waals surface area (Å²) in [4.78, 5) is 27.7. The SMILES string of the molecule is Cc1ccc(-n2nc(C(C)(C)C)cc2NC(=O)Nc2ccc(CC3CCN(C(=O)c4ccoc4C)CC3)cc2)cc1. The lowest BCUT2D eigenvalue weighted by atomic mass is 9.90. The van der Waals surface area contributed by atoms with Crippen LogP contribution in [0.2, 0.25) is 0 Å². The maximum atomic E-state index is 13.0. The van der Waals surface area contributed by atoms with Crippen LogP contribution in [0.15, 0.2) is 71.3 Å². The van der Waals surface area contributed by atoms with E-state index in [1.54, 1.807) is 17.0 Å². The van der Waals surface area contributed by atoms with Gasteiger partial charge in [0.2, 0.25) is 0 Å². The maximum absolute atomic E-state index is 13.0. The summed E-state index contributed by atoms with van der Waals surface area (Å²) in [5.41, 5.74) is 5.38. The van der Waals surface area contributed by atoms with E-state index in [9.17, 15) is 9.59 Å². The molecule has 0 aliphatic carbocycles. The molecular formula is C33H39N5O3. The van der Waals surface area contributed by atoms with Crippen molar-refractivity contribution in [2.45, 2.75) is 59.3 Å². The Morgan fingerprint density at radius 2 is 1.63 bits per heavy atom. The van der Waals surface area contributed by atoms with Crippen molar-refractivity contribution in [3.63, 3.8) is 0 Å². The van der Waals surface area contributed by atoms with Crippen LogP contribution in [0.25, 0.3) is 5.69 Å². The Bertz CT molecular complexity index is 1500. The fraction of sp³-hybridized carbons (Fsp3) is 0.364. The molecule has 0 spiro atoms. The highest BCUT2D eigenvalue weighted by molar-refractivity contribution is 5.99. The first kappa shape index (κ1) is 28.2. The number of hydrogen-bond donors (Lipinski definition) is 2. The summed E-state index contributed by atoms with van der Waals surface area (Å²) in [6.07, 6.45) is 4.46. The van der Waals surface area contributed by atoms with E-state index in [2.05, 4.69) is 43.5 Å². The molecule has 41 heavy (non-hydrogen) atoms. The maximum Gasteiger partial charge on any atom is 0.324 e. The number of carbonyl (C=O) groups is 2. The van der Waals surface area contributed by atoms with Gasteiger partial charge in [0.15, 0.2) is 0 Å². The number of urea groups is 1. The topological polar surface area (TPSA) is 92.4 Å². The van der Waals surface area contributed by atoms with Crippen LogP contribution in [0.1, 0.15) is 66.6 Å². The number of likely N-dealkylation sites (tertiary alicyclic amines) is 1. The molecule has 1 aliphatic rings. The van der Waals surface area contributed by atoms with Gasteiger partial charge in [-0.2, -0.15) is 5.10 Å². The molecule has 2 N–H and O–H groups in total. The smallest absolute Gasteiger partial charge is 0.324 e. The molecule has 0 bridgehead atoms. The summed E-state index contributed by atoms with van der Waals surface area (Å²) in [5.74, 6) is 1.86. The molecule has 8 heteroatoms. The summed E-state index contributed by atoms with van der Waals surface area (Å²) in [7, 11) is 0. The zero-order chi connectivity index (χ0) is 29.1. The standard InChI is InChI=1S/C33H39N5O3/c1-22-6-12-27(13-7-22)38-30(21-29(36-38)33(3,4)5)35-32(40)34-26-10-8-24(9-11-26)20-25-14-17-37(18-15-25)31(39)28-16-19-41-23(28)2/h6-13,16,19,21,25H,14-15,17-18,20H2,1-5H3,(H2,34,35,40). The molecular weight excluding hydrogens is 514 g/mol. The number of amides is 3. The number of aromatic nitrogens is 2. The third kappa shape index (κ3) is 6.70. The van der Waals surface area contributed by atoms with E-state index in [4.69, 9.17) is 9.52 Å². The van der Waals surface area contributed by atoms with Crippen LogP contribution < -0.4 is 10.6 Å². The Morgan fingerprint density at radius 1 is 0.951 bits per heavy atom. The van der Waals surface area contributed by atoms with Gasteiger partial charge in [0.1, 0.15) is 11.6 Å². The summed E-state index contributed by atoms with van der Waals surface area (Å²) >= 11 is 0. The molecule has 0 unspecified atom stereocenters. The van der Waals surface area contributed by atoms with Crippen LogP contribution in [0, 0.1) is 19.8 Å². The molecule has 1 fully saturated rings. The number of benzene rings is 2. The van der Waals surface area contributed by atoms with E-state index in [-0.39, 0.29) is 17.4 Å². The molecule has 8 nitrogen and oxygen atoms in total. The molecule has 1 aliphatic heterocycles. The molecule has 2 aromatic carbocycles. The second-order valence-electron chi connectivity index (χ2n) is 12.0. The number of anilines is 2. The number of hydrogen-bond acceptors (Lipinski definition) is 4. The molecule has 0 atom stereocenters. The Labute approximate surface area is 241 Å². The normalized spacial score (nSPS) is 14.2. The van der Waals surface area contributed by atoms with Crippen molar-refractivity contribution >= 4 is 23.4 Å². The Morgan fingerprint density at radius 3 is 2.24 bits per heavy atom. The number of piperidine rings is 1. The molecule has 0 saturated carbocycles. The zero-order valence-electron chi connectivity index (χ0n) is 24.5. The second kappa shape index (κ2) is 11.6. The van der Waals surface area contributed by atoms with Gasteiger partial charge in [-0.05, 0) is 74.9 Å². The molecule has 1 saturated heterocycles. The second-order valence-corrected chi connectivity index (χ2v) is 12.0. The summed E-state index contributed by atoms with van der Waals surface area (Å²) < 4.78 is 7.07. The van der Waals surface area contributed by atoms with Crippen LogP contribution >= 0.6 is 0 Å². The fourth-order valence-corrected chi connectivity index (χ4v) is 5.17. The number of rotatable bonds is 6. The summed E-state index contributed by atoms with van der Waals surface area (Å²) in [5, 5.41) is 10.7. The number of aryl methyl sites for hydroxylation is 2. The van der Waals surface area contributed by atoms with Crippen LogP contribution in [-0.2, 0) is 11.8 Å². The van der Waals surface area contributed by atoms with E-state index >= 15 is 0 Å². The van der Waals surface area contributed by atoms with Crippen LogP contribution in [0.5, 0.6) is 0 Å². The number of furan rings is 1. The lowest BCUT2D eigenvalue weighted by Crippen LogP contribution is -2.39. The summed E-state index contributed by atoms with van der Waals surface area (Å²) in [6, 6.07) is 19.4. The highest BCUT2D eigenvalue weighted by atomic mass is 16.3. The lowest BCUT2D eigenvalue weighted by molar-refractivity contribution is 0.0688. The molecule has 5 rings (SSSR count). The van der Waals surface area contributed by atoms with Gasteiger partial charge in [-0.3, -0.25) is 10.1 Å². The van der Waals surface area contributed by atoms with Crippen LogP contribution in [0.3, 0.4) is 0 Å². The van der Waals surface area contributed by atoms with E-state index < -0.39 is 0 Å². The van der Waals surface area contributed by atoms with Crippen molar-refractivity contribution < 1.29 is 14.0 Å². The van der Waals surface area contributed by atoms with Crippen molar-refractivity contribution in [3.05, 3.63) is 95.1 Å². The van der Waals surface area contributed by atoms with E-state index in [0.717, 1.165) is 55.0 Å². The molecule has 3 heterocycles. The highest BCUT2D eigenvalue weighted by Crippen LogP contribution is 2.27. The Balaban J connectivity index is 1.17. The third-order valence-corrected chi connectivity index (χ3v) is 7.73. The van der Waals surface area contributed by atoms with E-state index in [1.165, 1.54) is 5.56 Å². The zero-order valence-corrected chi connectivity index (χ0v) is 24.5. The average molecular weight is 554 g/mol. The van der Waals surface area contributed by atoms with Gasteiger partial charge in [0.25, 0.3) is 5.91 Å². The molecule has 214 valence electrons. The van der Waals surface area contributed by atoms with Crippen molar-refractivity contribution in [2.24, 2.45) is 5.92 Å².